The second-order valence-corrected chi connectivity index (χ2v) is 8.17. The summed E-state index contributed by atoms with van der Waals surface area (Å²) in [6.07, 6.45) is 0. The molecular formula is C24H25N3O4S. The summed E-state index contributed by atoms with van der Waals surface area (Å²) >= 11 is 1.44. The van der Waals surface area contributed by atoms with Crippen LogP contribution in [0.1, 0.15) is 27.8 Å². The van der Waals surface area contributed by atoms with E-state index in [-0.39, 0.29) is 11.8 Å². The molecule has 7 nitrogen and oxygen atoms in total. The molecule has 32 heavy (non-hydrogen) atoms. The van der Waals surface area contributed by atoms with Crippen molar-refractivity contribution in [1.29, 1.82) is 0 Å². The maximum atomic E-state index is 12.9. The second-order valence-electron chi connectivity index (χ2n) is 7.31. The maximum absolute atomic E-state index is 12.9. The lowest BCUT2D eigenvalue weighted by molar-refractivity contribution is 0.0532. The van der Waals surface area contributed by atoms with Crippen molar-refractivity contribution in [3.63, 3.8) is 0 Å². The number of piperazine rings is 1. The third kappa shape index (κ3) is 4.75. The Morgan fingerprint density at radius 3 is 2.31 bits per heavy atom. The van der Waals surface area contributed by atoms with E-state index in [1.807, 2.05) is 37.3 Å². The molecule has 2 heterocycles. The summed E-state index contributed by atoms with van der Waals surface area (Å²) in [6.45, 7) is 4.49. The first-order chi connectivity index (χ1) is 15.6. The minimum atomic E-state index is -0.105. The van der Waals surface area contributed by atoms with Gasteiger partial charge in [-0.1, -0.05) is 6.07 Å². The zero-order valence-corrected chi connectivity index (χ0v) is 18.9. The van der Waals surface area contributed by atoms with E-state index >= 15 is 0 Å². The van der Waals surface area contributed by atoms with Gasteiger partial charge in [0.05, 0.1) is 13.7 Å². The largest absolute Gasteiger partial charge is 0.497 e. The Bertz CT molecular complexity index is 1090. The number of ether oxygens (including phenoxy) is 2. The van der Waals surface area contributed by atoms with Crippen molar-refractivity contribution >= 4 is 23.2 Å². The topological polar surface area (TPSA) is 72.0 Å². The monoisotopic (exact) mass is 451 g/mol. The highest BCUT2D eigenvalue weighted by Crippen LogP contribution is 2.26. The number of hydrogen-bond donors (Lipinski definition) is 0. The second kappa shape index (κ2) is 9.82. The van der Waals surface area contributed by atoms with E-state index < -0.39 is 0 Å². The highest BCUT2D eigenvalue weighted by atomic mass is 32.1. The van der Waals surface area contributed by atoms with Crippen LogP contribution in [0.25, 0.3) is 10.6 Å². The smallest absolute Gasteiger partial charge is 0.273 e. The Labute approximate surface area is 191 Å². The molecule has 0 saturated carbocycles. The SMILES string of the molecule is CCOc1ccc(-c2nc(C(=O)N3CCN(C(=O)c4cccc(OC)c4)CC3)cs2)cc1. The summed E-state index contributed by atoms with van der Waals surface area (Å²) < 4.78 is 10.7. The molecule has 0 atom stereocenters. The number of thiazole rings is 1. The lowest BCUT2D eigenvalue weighted by atomic mass is 10.1. The molecule has 2 amide bonds. The number of aromatic nitrogens is 1. The maximum Gasteiger partial charge on any atom is 0.273 e. The van der Waals surface area contributed by atoms with Crippen LogP contribution in [0.2, 0.25) is 0 Å². The van der Waals surface area contributed by atoms with Gasteiger partial charge in [0.1, 0.15) is 22.2 Å². The molecular weight excluding hydrogens is 426 g/mol. The predicted octanol–water partition coefficient (Wildman–Crippen LogP) is 3.82. The average Bonchev–Trinajstić information content (AvgIpc) is 3.34. The number of amides is 2. The third-order valence-corrected chi connectivity index (χ3v) is 6.20. The molecule has 8 heteroatoms. The van der Waals surface area contributed by atoms with Crippen LogP contribution in [-0.4, -0.2) is 66.5 Å². The molecule has 1 fully saturated rings. The summed E-state index contributed by atoms with van der Waals surface area (Å²) in [5.74, 6) is 1.30. The van der Waals surface area contributed by atoms with Gasteiger partial charge >= 0.3 is 0 Å². The van der Waals surface area contributed by atoms with E-state index in [1.165, 1.54) is 11.3 Å². The molecule has 0 unspecified atom stereocenters. The van der Waals surface area contributed by atoms with Gasteiger partial charge in [-0.25, -0.2) is 4.98 Å². The molecule has 3 aromatic rings. The molecule has 1 aliphatic rings. The first-order valence-electron chi connectivity index (χ1n) is 10.5. The van der Waals surface area contributed by atoms with Gasteiger partial charge in [-0.15, -0.1) is 11.3 Å². The van der Waals surface area contributed by atoms with Gasteiger partial charge in [-0.3, -0.25) is 9.59 Å². The Balaban J connectivity index is 1.37. The zero-order chi connectivity index (χ0) is 22.5. The van der Waals surface area contributed by atoms with Crippen molar-refractivity contribution in [2.24, 2.45) is 0 Å². The fraction of sp³-hybridized carbons (Fsp3) is 0.292. The van der Waals surface area contributed by atoms with E-state index in [1.54, 1.807) is 40.5 Å². The molecule has 4 rings (SSSR count). The zero-order valence-electron chi connectivity index (χ0n) is 18.1. The van der Waals surface area contributed by atoms with Gasteiger partial charge in [-0.05, 0) is 49.4 Å². The quantitative estimate of drug-likeness (QED) is 0.570. The van der Waals surface area contributed by atoms with E-state index in [9.17, 15) is 9.59 Å². The molecule has 0 bridgehead atoms. The number of methoxy groups -OCH3 is 1. The predicted molar refractivity (Wildman–Crippen MR) is 124 cm³/mol. The van der Waals surface area contributed by atoms with E-state index in [0.29, 0.717) is 49.8 Å². The Hall–Kier alpha value is -3.39. The van der Waals surface area contributed by atoms with Gasteiger partial charge in [0.15, 0.2) is 0 Å². The summed E-state index contributed by atoms with van der Waals surface area (Å²) in [6, 6.07) is 14.8. The summed E-state index contributed by atoms with van der Waals surface area (Å²) in [7, 11) is 1.58. The summed E-state index contributed by atoms with van der Waals surface area (Å²) in [4.78, 5) is 33.8. The molecule has 166 valence electrons. The molecule has 1 saturated heterocycles. The lowest BCUT2D eigenvalue weighted by Gasteiger charge is -2.34. The fourth-order valence-electron chi connectivity index (χ4n) is 3.58. The minimum Gasteiger partial charge on any atom is -0.497 e. The van der Waals surface area contributed by atoms with E-state index in [0.717, 1.165) is 16.3 Å². The average molecular weight is 452 g/mol. The van der Waals surface area contributed by atoms with Crippen LogP contribution in [0.15, 0.2) is 53.9 Å². The minimum absolute atomic E-state index is 0.0533. The Morgan fingerprint density at radius 2 is 1.66 bits per heavy atom. The highest BCUT2D eigenvalue weighted by Gasteiger charge is 2.27. The van der Waals surface area contributed by atoms with Crippen LogP contribution in [0, 0.1) is 0 Å². The number of benzene rings is 2. The number of nitrogens with zero attached hydrogens (tertiary/aromatic N) is 3. The van der Waals surface area contributed by atoms with Crippen LogP contribution in [0.3, 0.4) is 0 Å². The van der Waals surface area contributed by atoms with Crippen LogP contribution in [0.5, 0.6) is 11.5 Å². The molecule has 0 aliphatic carbocycles. The van der Waals surface area contributed by atoms with Gasteiger partial charge in [0.2, 0.25) is 0 Å². The van der Waals surface area contributed by atoms with Crippen molar-refractivity contribution in [3.05, 3.63) is 65.2 Å². The number of hydrogen-bond acceptors (Lipinski definition) is 6. The number of rotatable bonds is 6. The Kier molecular flexibility index (Phi) is 6.70. The first-order valence-corrected chi connectivity index (χ1v) is 11.4. The fourth-order valence-corrected chi connectivity index (χ4v) is 4.38. The lowest BCUT2D eigenvalue weighted by Crippen LogP contribution is -2.50. The van der Waals surface area contributed by atoms with Crippen LogP contribution >= 0.6 is 11.3 Å². The first kappa shape index (κ1) is 21.8. The molecule has 0 spiro atoms. The van der Waals surface area contributed by atoms with Crippen molar-refractivity contribution in [2.75, 3.05) is 39.9 Å². The normalized spacial score (nSPS) is 13.7. The Morgan fingerprint density at radius 1 is 0.969 bits per heavy atom. The van der Waals surface area contributed by atoms with E-state index in [2.05, 4.69) is 4.98 Å². The van der Waals surface area contributed by atoms with Gasteiger partial charge in [-0.2, -0.15) is 0 Å². The van der Waals surface area contributed by atoms with E-state index in [4.69, 9.17) is 9.47 Å². The van der Waals surface area contributed by atoms with Crippen molar-refractivity contribution in [3.8, 4) is 22.1 Å². The van der Waals surface area contributed by atoms with Gasteiger partial charge in [0, 0.05) is 42.7 Å². The van der Waals surface area contributed by atoms with Crippen LogP contribution in [-0.2, 0) is 0 Å². The molecule has 2 aromatic carbocycles. The number of carbonyl (C=O) groups is 2. The van der Waals surface area contributed by atoms with Crippen LogP contribution in [0.4, 0.5) is 0 Å². The van der Waals surface area contributed by atoms with Gasteiger partial charge in [0.25, 0.3) is 11.8 Å². The molecule has 1 aliphatic heterocycles. The van der Waals surface area contributed by atoms with Crippen LogP contribution < -0.4 is 9.47 Å². The highest BCUT2D eigenvalue weighted by molar-refractivity contribution is 7.13. The van der Waals surface area contributed by atoms with Crippen molar-refractivity contribution in [2.45, 2.75) is 6.92 Å². The van der Waals surface area contributed by atoms with Gasteiger partial charge < -0.3 is 19.3 Å². The third-order valence-electron chi connectivity index (χ3n) is 5.31. The standard InChI is InChI=1S/C24H25N3O4S/c1-3-31-19-9-7-17(8-10-19)22-25-21(16-32-22)24(29)27-13-11-26(12-14-27)23(28)18-5-4-6-20(15-18)30-2/h4-10,15-16H,3,11-14H2,1-2H3. The molecule has 1 aromatic heterocycles. The molecule has 0 radical (unpaired) electrons. The number of carbonyl (C=O) groups excluding carboxylic acids is 2. The summed E-state index contributed by atoms with van der Waals surface area (Å²) in [5, 5.41) is 2.59. The molecule has 0 N–H and O–H groups in total. The van der Waals surface area contributed by atoms with Crippen molar-refractivity contribution < 1.29 is 19.1 Å². The summed E-state index contributed by atoms with van der Waals surface area (Å²) in [5.41, 5.74) is 1.97. The van der Waals surface area contributed by atoms with Crippen molar-refractivity contribution in [1.82, 2.24) is 14.8 Å².